The largest absolute Gasteiger partial charge is 0.323 e. The fraction of sp³-hybridized carbons (Fsp3) is 0.684. The standard InChI is InChI=1S/C19H32N2/c1-5-19(4)10-12-21(13-11-19)14-18(20)17-8-6-16(7-9-17)15(2)3/h6-9,15,18H,5,10-14,20H2,1-4H3. The molecule has 0 spiro atoms. The predicted molar refractivity (Wildman–Crippen MR) is 91.5 cm³/mol. The van der Waals surface area contributed by atoms with Gasteiger partial charge in [-0.1, -0.05) is 58.4 Å². The van der Waals surface area contributed by atoms with Crippen LogP contribution in [0.2, 0.25) is 0 Å². The highest BCUT2D eigenvalue weighted by molar-refractivity contribution is 5.26. The molecule has 0 radical (unpaired) electrons. The van der Waals surface area contributed by atoms with E-state index in [-0.39, 0.29) is 6.04 Å². The van der Waals surface area contributed by atoms with Crippen LogP contribution < -0.4 is 5.73 Å². The molecule has 2 heteroatoms. The molecule has 118 valence electrons. The SMILES string of the molecule is CCC1(C)CCN(CC(N)c2ccc(C(C)C)cc2)CC1. The Labute approximate surface area is 130 Å². The van der Waals surface area contributed by atoms with Gasteiger partial charge in [-0.15, -0.1) is 0 Å². The number of benzene rings is 1. The van der Waals surface area contributed by atoms with Crippen molar-refractivity contribution in [1.29, 1.82) is 0 Å². The van der Waals surface area contributed by atoms with Gasteiger partial charge in [0, 0.05) is 12.6 Å². The summed E-state index contributed by atoms with van der Waals surface area (Å²) in [6, 6.07) is 9.01. The van der Waals surface area contributed by atoms with Gasteiger partial charge in [-0.3, -0.25) is 0 Å². The first-order valence-electron chi connectivity index (χ1n) is 8.51. The van der Waals surface area contributed by atoms with Crippen LogP contribution in [-0.2, 0) is 0 Å². The first kappa shape index (κ1) is 16.5. The van der Waals surface area contributed by atoms with Crippen molar-refractivity contribution in [2.45, 2.75) is 58.9 Å². The molecule has 1 aromatic rings. The summed E-state index contributed by atoms with van der Waals surface area (Å²) in [4.78, 5) is 2.54. The lowest BCUT2D eigenvalue weighted by Crippen LogP contribution is -2.41. The van der Waals surface area contributed by atoms with Crippen LogP contribution in [0.1, 0.15) is 70.0 Å². The average Bonchev–Trinajstić information content (AvgIpc) is 2.50. The van der Waals surface area contributed by atoms with Gasteiger partial charge in [0.05, 0.1) is 0 Å². The Morgan fingerprint density at radius 3 is 2.10 bits per heavy atom. The number of rotatable bonds is 5. The highest BCUT2D eigenvalue weighted by Gasteiger charge is 2.28. The lowest BCUT2D eigenvalue weighted by atomic mass is 9.78. The number of hydrogen-bond acceptors (Lipinski definition) is 2. The summed E-state index contributed by atoms with van der Waals surface area (Å²) in [6.45, 7) is 12.6. The zero-order valence-electron chi connectivity index (χ0n) is 14.2. The molecule has 21 heavy (non-hydrogen) atoms. The van der Waals surface area contributed by atoms with E-state index >= 15 is 0 Å². The van der Waals surface area contributed by atoms with E-state index in [1.54, 1.807) is 0 Å². The van der Waals surface area contributed by atoms with Crippen LogP contribution in [0, 0.1) is 5.41 Å². The van der Waals surface area contributed by atoms with E-state index in [1.165, 1.54) is 43.5 Å². The summed E-state index contributed by atoms with van der Waals surface area (Å²) in [7, 11) is 0. The summed E-state index contributed by atoms with van der Waals surface area (Å²) in [5.74, 6) is 0.587. The first-order valence-corrected chi connectivity index (χ1v) is 8.51. The van der Waals surface area contributed by atoms with Crippen molar-refractivity contribution in [3.63, 3.8) is 0 Å². The van der Waals surface area contributed by atoms with E-state index in [2.05, 4.69) is 56.9 Å². The maximum atomic E-state index is 6.41. The van der Waals surface area contributed by atoms with Crippen molar-refractivity contribution >= 4 is 0 Å². The topological polar surface area (TPSA) is 29.3 Å². The fourth-order valence-electron chi connectivity index (χ4n) is 3.14. The Morgan fingerprint density at radius 2 is 1.62 bits per heavy atom. The lowest BCUT2D eigenvalue weighted by Gasteiger charge is -2.39. The molecule has 1 saturated heterocycles. The van der Waals surface area contributed by atoms with Gasteiger partial charge in [-0.2, -0.15) is 0 Å². The molecule has 1 fully saturated rings. The molecule has 1 aliphatic rings. The van der Waals surface area contributed by atoms with Crippen molar-refractivity contribution in [3.05, 3.63) is 35.4 Å². The van der Waals surface area contributed by atoms with Crippen LogP contribution in [0.4, 0.5) is 0 Å². The van der Waals surface area contributed by atoms with Gasteiger partial charge in [0.1, 0.15) is 0 Å². The van der Waals surface area contributed by atoms with E-state index in [9.17, 15) is 0 Å². The second-order valence-corrected chi connectivity index (χ2v) is 7.39. The fourth-order valence-corrected chi connectivity index (χ4v) is 3.14. The third-order valence-electron chi connectivity index (χ3n) is 5.40. The summed E-state index contributed by atoms with van der Waals surface area (Å²) in [5.41, 5.74) is 9.62. The monoisotopic (exact) mass is 288 g/mol. The third-order valence-corrected chi connectivity index (χ3v) is 5.40. The van der Waals surface area contributed by atoms with Crippen LogP contribution >= 0.6 is 0 Å². The van der Waals surface area contributed by atoms with E-state index < -0.39 is 0 Å². The van der Waals surface area contributed by atoms with Gasteiger partial charge >= 0.3 is 0 Å². The van der Waals surface area contributed by atoms with Crippen molar-refractivity contribution in [1.82, 2.24) is 4.90 Å². The molecule has 0 aromatic heterocycles. The van der Waals surface area contributed by atoms with E-state index in [4.69, 9.17) is 5.73 Å². The van der Waals surface area contributed by atoms with E-state index in [1.807, 2.05) is 0 Å². The quantitative estimate of drug-likeness (QED) is 0.874. The molecule has 1 heterocycles. The minimum atomic E-state index is 0.136. The Hall–Kier alpha value is -0.860. The van der Waals surface area contributed by atoms with Crippen LogP contribution in [-0.4, -0.2) is 24.5 Å². The molecule has 1 aliphatic heterocycles. The minimum Gasteiger partial charge on any atom is -0.323 e. The normalized spacial score (nSPS) is 20.7. The van der Waals surface area contributed by atoms with Gasteiger partial charge in [0.2, 0.25) is 0 Å². The second kappa shape index (κ2) is 6.93. The number of nitrogens with zero attached hydrogens (tertiary/aromatic N) is 1. The molecule has 0 saturated carbocycles. The van der Waals surface area contributed by atoms with Gasteiger partial charge in [-0.05, 0) is 48.4 Å². The van der Waals surface area contributed by atoms with Crippen molar-refractivity contribution in [2.75, 3.05) is 19.6 Å². The smallest absolute Gasteiger partial charge is 0.0424 e. The number of hydrogen-bond donors (Lipinski definition) is 1. The van der Waals surface area contributed by atoms with Gasteiger partial charge in [0.25, 0.3) is 0 Å². The molecule has 1 aromatic carbocycles. The molecule has 1 atom stereocenters. The summed E-state index contributed by atoms with van der Waals surface area (Å²) in [6.07, 6.45) is 3.91. The van der Waals surface area contributed by atoms with Crippen LogP contribution in [0.3, 0.4) is 0 Å². The summed E-state index contributed by atoms with van der Waals surface area (Å²) in [5, 5.41) is 0. The first-order chi connectivity index (χ1) is 9.93. The summed E-state index contributed by atoms with van der Waals surface area (Å²) < 4.78 is 0. The highest BCUT2D eigenvalue weighted by atomic mass is 15.1. The predicted octanol–water partition coefficient (Wildman–Crippen LogP) is 4.32. The number of piperidine rings is 1. The molecule has 0 aliphatic carbocycles. The molecule has 0 bridgehead atoms. The van der Waals surface area contributed by atoms with Crippen molar-refractivity contribution in [2.24, 2.45) is 11.1 Å². The van der Waals surface area contributed by atoms with Crippen LogP contribution in [0.15, 0.2) is 24.3 Å². The third kappa shape index (κ3) is 4.31. The zero-order chi connectivity index (χ0) is 15.5. The van der Waals surface area contributed by atoms with Crippen LogP contribution in [0.25, 0.3) is 0 Å². The molecular formula is C19H32N2. The van der Waals surface area contributed by atoms with Gasteiger partial charge < -0.3 is 10.6 Å². The molecule has 2 N–H and O–H groups in total. The average molecular weight is 288 g/mol. The molecule has 0 amide bonds. The molecule has 2 nitrogen and oxygen atoms in total. The lowest BCUT2D eigenvalue weighted by molar-refractivity contribution is 0.110. The van der Waals surface area contributed by atoms with Crippen LogP contribution in [0.5, 0.6) is 0 Å². The van der Waals surface area contributed by atoms with E-state index in [0.717, 1.165) is 6.54 Å². The summed E-state index contributed by atoms with van der Waals surface area (Å²) >= 11 is 0. The number of likely N-dealkylation sites (tertiary alicyclic amines) is 1. The Balaban J connectivity index is 1.88. The Kier molecular flexibility index (Phi) is 5.45. The van der Waals surface area contributed by atoms with Crippen molar-refractivity contribution < 1.29 is 0 Å². The molecule has 1 unspecified atom stereocenters. The minimum absolute atomic E-state index is 0.136. The second-order valence-electron chi connectivity index (χ2n) is 7.39. The molecule has 2 rings (SSSR count). The maximum absolute atomic E-state index is 6.41. The number of nitrogens with two attached hydrogens (primary N) is 1. The van der Waals surface area contributed by atoms with Gasteiger partial charge in [0.15, 0.2) is 0 Å². The Morgan fingerprint density at radius 1 is 1.10 bits per heavy atom. The van der Waals surface area contributed by atoms with E-state index in [0.29, 0.717) is 11.3 Å². The highest BCUT2D eigenvalue weighted by Crippen LogP contribution is 2.34. The van der Waals surface area contributed by atoms with Crippen molar-refractivity contribution in [3.8, 4) is 0 Å². The zero-order valence-corrected chi connectivity index (χ0v) is 14.2. The Bertz CT molecular complexity index is 427. The molecular weight excluding hydrogens is 256 g/mol. The van der Waals surface area contributed by atoms with Gasteiger partial charge in [-0.25, -0.2) is 0 Å². The maximum Gasteiger partial charge on any atom is 0.0424 e.